The average molecular weight is 367 g/mol. The lowest BCUT2D eigenvalue weighted by Crippen LogP contribution is -2.21. The van der Waals surface area contributed by atoms with Crippen LogP contribution in [-0.2, 0) is 6.42 Å². The monoisotopic (exact) mass is 367 g/mol. The first-order valence-electron chi connectivity index (χ1n) is 6.45. The van der Waals surface area contributed by atoms with E-state index in [9.17, 15) is 0 Å². The summed E-state index contributed by atoms with van der Waals surface area (Å²) in [7, 11) is 0. The van der Waals surface area contributed by atoms with Gasteiger partial charge in [0.25, 0.3) is 0 Å². The number of nitrogens with two attached hydrogens (primary N) is 1. The van der Waals surface area contributed by atoms with Crippen molar-refractivity contribution in [1.82, 2.24) is 0 Å². The van der Waals surface area contributed by atoms with Crippen molar-refractivity contribution in [2.45, 2.75) is 25.8 Å². The van der Waals surface area contributed by atoms with Crippen LogP contribution in [0.25, 0.3) is 0 Å². The summed E-state index contributed by atoms with van der Waals surface area (Å²) >= 11 is 2.28. The smallest absolute Gasteiger partial charge is 0.128 e. The molecule has 3 heteroatoms. The van der Waals surface area contributed by atoms with E-state index in [1.807, 2.05) is 36.4 Å². The van der Waals surface area contributed by atoms with Gasteiger partial charge in [0.15, 0.2) is 0 Å². The third-order valence-electron chi connectivity index (χ3n) is 2.98. The third kappa shape index (κ3) is 4.51. The standard InChI is InChI=1S/C16H18INO/c1-2-14(18)10-12-6-8-15(9-7-12)19-16-5-3-4-13(17)11-16/h3-9,11,14H,2,10,18H2,1H3. The van der Waals surface area contributed by atoms with Crippen LogP contribution in [0.4, 0.5) is 0 Å². The largest absolute Gasteiger partial charge is 0.457 e. The molecule has 0 fully saturated rings. The summed E-state index contributed by atoms with van der Waals surface area (Å²) < 4.78 is 6.98. The summed E-state index contributed by atoms with van der Waals surface area (Å²) in [5.41, 5.74) is 7.21. The van der Waals surface area contributed by atoms with Gasteiger partial charge in [-0.3, -0.25) is 0 Å². The van der Waals surface area contributed by atoms with Crippen molar-refractivity contribution in [3.63, 3.8) is 0 Å². The summed E-state index contributed by atoms with van der Waals surface area (Å²) in [6, 6.07) is 16.4. The Kier molecular flexibility index (Phi) is 5.22. The molecule has 2 nitrogen and oxygen atoms in total. The fourth-order valence-corrected chi connectivity index (χ4v) is 2.32. The molecule has 19 heavy (non-hydrogen) atoms. The molecule has 0 aliphatic carbocycles. The number of hydrogen-bond acceptors (Lipinski definition) is 2. The molecular formula is C16H18INO. The molecule has 2 aromatic carbocycles. The van der Waals surface area contributed by atoms with Gasteiger partial charge >= 0.3 is 0 Å². The van der Waals surface area contributed by atoms with Gasteiger partial charge in [-0.1, -0.05) is 25.1 Å². The van der Waals surface area contributed by atoms with Crippen LogP contribution in [0.3, 0.4) is 0 Å². The molecule has 0 bridgehead atoms. The quantitative estimate of drug-likeness (QED) is 0.797. The lowest BCUT2D eigenvalue weighted by atomic mass is 10.0. The second kappa shape index (κ2) is 6.91. The maximum atomic E-state index is 5.95. The van der Waals surface area contributed by atoms with Crippen molar-refractivity contribution < 1.29 is 4.74 Å². The number of benzene rings is 2. The zero-order chi connectivity index (χ0) is 13.7. The fraction of sp³-hybridized carbons (Fsp3) is 0.250. The number of rotatable bonds is 5. The lowest BCUT2D eigenvalue weighted by Gasteiger charge is -2.10. The first-order valence-corrected chi connectivity index (χ1v) is 7.53. The number of halogens is 1. The predicted octanol–water partition coefficient (Wildman–Crippen LogP) is 4.36. The van der Waals surface area contributed by atoms with Crippen molar-refractivity contribution in [3.05, 3.63) is 57.7 Å². The second-order valence-corrected chi connectivity index (χ2v) is 5.82. The van der Waals surface area contributed by atoms with E-state index >= 15 is 0 Å². The van der Waals surface area contributed by atoms with Crippen LogP contribution in [0, 0.1) is 3.57 Å². The highest BCUT2D eigenvalue weighted by Gasteiger charge is 2.02. The third-order valence-corrected chi connectivity index (χ3v) is 3.65. The van der Waals surface area contributed by atoms with Crippen molar-refractivity contribution in [2.24, 2.45) is 5.73 Å². The Morgan fingerprint density at radius 3 is 2.47 bits per heavy atom. The molecule has 0 aliphatic rings. The van der Waals surface area contributed by atoms with Crippen LogP contribution in [0.15, 0.2) is 48.5 Å². The first kappa shape index (κ1) is 14.3. The Hall–Kier alpha value is -1.07. The van der Waals surface area contributed by atoms with Crippen LogP contribution in [0.5, 0.6) is 11.5 Å². The minimum Gasteiger partial charge on any atom is -0.457 e. The maximum absolute atomic E-state index is 5.95. The van der Waals surface area contributed by atoms with Crippen molar-refractivity contribution in [1.29, 1.82) is 0 Å². The second-order valence-electron chi connectivity index (χ2n) is 4.58. The van der Waals surface area contributed by atoms with Crippen LogP contribution >= 0.6 is 22.6 Å². The summed E-state index contributed by atoms with van der Waals surface area (Å²) in [6.45, 7) is 2.11. The van der Waals surface area contributed by atoms with Crippen molar-refractivity contribution >= 4 is 22.6 Å². The van der Waals surface area contributed by atoms with E-state index in [1.165, 1.54) is 9.13 Å². The molecule has 0 aliphatic heterocycles. The highest BCUT2D eigenvalue weighted by atomic mass is 127. The summed E-state index contributed by atoms with van der Waals surface area (Å²) in [5.74, 6) is 1.72. The van der Waals surface area contributed by atoms with Gasteiger partial charge in [-0.2, -0.15) is 0 Å². The minimum absolute atomic E-state index is 0.238. The van der Waals surface area contributed by atoms with E-state index in [-0.39, 0.29) is 6.04 Å². The molecule has 2 rings (SSSR count). The molecule has 0 amide bonds. The van der Waals surface area contributed by atoms with Crippen molar-refractivity contribution in [2.75, 3.05) is 0 Å². The van der Waals surface area contributed by atoms with E-state index in [0.717, 1.165) is 24.3 Å². The normalized spacial score (nSPS) is 12.2. The molecule has 2 N–H and O–H groups in total. The van der Waals surface area contributed by atoms with E-state index < -0.39 is 0 Å². The highest BCUT2D eigenvalue weighted by Crippen LogP contribution is 2.23. The topological polar surface area (TPSA) is 35.2 Å². The summed E-state index contributed by atoms with van der Waals surface area (Å²) in [4.78, 5) is 0. The van der Waals surface area contributed by atoms with Gasteiger partial charge in [0.1, 0.15) is 11.5 Å². The van der Waals surface area contributed by atoms with Gasteiger partial charge in [0.2, 0.25) is 0 Å². The van der Waals surface area contributed by atoms with Crippen LogP contribution in [-0.4, -0.2) is 6.04 Å². The van der Waals surface area contributed by atoms with Gasteiger partial charge in [0.05, 0.1) is 0 Å². The van der Waals surface area contributed by atoms with Crippen molar-refractivity contribution in [3.8, 4) is 11.5 Å². The zero-order valence-corrected chi connectivity index (χ0v) is 13.1. The van der Waals surface area contributed by atoms with Gasteiger partial charge in [0, 0.05) is 9.61 Å². The first-order chi connectivity index (χ1) is 9.17. The average Bonchev–Trinajstić information content (AvgIpc) is 2.41. The van der Waals surface area contributed by atoms with Crippen LogP contribution in [0.1, 0.15) is 18.9 Å². The van der Waals surface area contributed by atoms with Gasteiger partial charge in [-0.15, -0.1) is 0 Å². The minimum atomic E-state index is 0.238. The summed E-state index contributed by atoms with van der Waals surface area (Å²) in [5, 5.41) is 0. The molecular weight excluding hydrogens is 349 g/mol. The van der Waals surface area contributed by atoms with E-state index in [0.29, 0.717) is 0 Å². The molecule has 0 radical (unpaired) electrons. The summed E-state index contributed by atoms with van der Waals surface area (Å²) in [6.07, 6.45) is 1.92. The molecule has 0 saturated carbocycles. The lowest BCUT2D eigenvalue weighted by molar-refractivity contribution is 0.482. The van der Waals surface area contributed by atoms with Crippen LogP contribution < -0.4 is 10.5 Å². The van der Waals surface area contributed by atoms with E-state index in [2.05, 4.69) is 41.6 Å². The zero-order valence-electron chi connectivity index (χ0n) is 11.0. The Morgan fingerprint density at radius 2 is 1.84 bits per heavy atom. The molecule has 1 unspecified atom stereocenters. The van der Waals surface area contributed by atoms with Gasteiger partial charge in [-0.05, 0) is 71.3 Å². The fourth-order valence-electron chi connectivity index (χ4n) is 1.81. The Morgan fingerprint density at radius 1 is 1.11 bits per heavy atom. The molecule has 0 saturated heterocycles. The van der Waals surface area contributed by atoms with Crippen LogP contribution in [0.2, 0.25) is 0 Å². The Bertz CT molecular complexity index is 525. The highest BCUT2D eigenvalue weighted by molar-refractivity contribution is 14.1. The number of hydrogen-bond donors (Lipinski definition) is 1. The SMILES string of the molecule is CCC(N)Cc1ccc(Oc2cccc(I)c2)cc1. The maximum Gasteiger partial charge on any atom is 0.128 e. The molecule has 0 aromatic heterocycles. The van der Waals surface area contributed by atoms with Gasteiger partial charge < -0.3 is 10.5 Å². The van der Waals surface area contributed by atoms with Gasteiger partial charge in [-0.25, -0.2) is 0 Å². The van der Waals surface area contributed by atoms with E-state index in [4.69, 9.17) is 10.5 Å². The molecule has 0 heterocycles. The molecule has 100 valence electrons. The predicted molar refractivity (Wildman–Crippen MR) is 87.6 cm³/mol. The Labute approximate surface area is 128 Å². The Balaban J connectivity index is 2.02. The van der Waals surface area contributed by atoms with E-state index in [1.54, 1.807) is 0 Å². The number of ether oxygens (including phenoxy) is 1. The molecule has 2 aromatic rings. The molecule has 1 atom stereocenters. The molecule has 0 spiro atoms.